The Kier molecular flexibility index (Phi) is 5.46. The van der Waals surface area contributed by atoms with Crippen LogP contribution in [0.2, 0.25) is 10.0 Å². The number of hydrogen-bond acceptors (Lipinski definition) is 4. The third-order valence-corrected chi connectivity index (χ3v) is 4.52. The van der Waals surface area contributed by atoms with Gasteiger partial charge in [0.05, 0.1) is 21.5 Å². The van der Waals surface area contributed by atoms with Crippen LogP contribution in [0.4, 0.5) is 11.4 Å². The fraction of sp³-hybridized carbons (Fsp3) is 0.364. The fourth-order valence-electron chi connectivity index (χ4n) is 1.47. The van der Waals surface area contributed by atoms with Gasteiger partial charge < -0.3 is 11.1 Å². The summed E-state index contributed by atoms with van der Waals surface area (Å²) in [5.41, 5.74) is 6.04. The summed E-state index contributed by atoms with van der Waals surface area (Å²) in [7, 11) is -3.41. The molecule has 3 N–H and O–H groups in total. The van der Waals surface area contributed by atoms with Crippen molar-refractivity contribution in [3.05, 3.63) is 22.2 Å². The predicted molar refractivity (Wildman–Crippen MR) is 78.4 cm³/mol. The maximum absolute atomic E-state index is 11.7. The molecule has 0 atom stereocenters. The Hall–Kier alpha value is -0.980. The van der Waals surface area contributed by atoms with E-state index in [9.17, 15) is 13.2 Å². The van der Waals surface area contributed by atoms with Crippen LogP contribution in [0.25, 0.3) is 0 Å². The number of nitrogen functional groups attached to an aromatic ring is 1. The quantitative estimate of drug-likeness (QED) is 0.813. The summed E-state index contributed by atoms with van der Waals surface area (Å²) in [5.74, 6) is -1.32. The number of sulfone groups is 1. The molecule has 0 aromatic heterocycles. The summed E-state index contributed by atoms with van der Waals surface area (Å²) in [4.78, 5) is 11.7. The van der Waals surface area contributed by atoms with E-state index in [0.29, 0.717) is 12.1 Å². The molecule has 0 unspecified atom stereocenters. The Morgan fingerprint density at radius 1 is 1.32 bits per heavy atom. The first kappa shape index (κ1) is 16.1. The van der Waals surface area contributed by atoms with Crippen molar-refractivity contribution in [2.75, 3.05) is 22.6 Å². The molecule has 1 rings (SSSR count). The van der Waals surface area contributed by atoms with Crippen LogP contribution in [0.5, 0.6) is 0 Å². The van der Waals surface area contributed by atoms with E-state index in [4.69, 9.17) is 28.9 Å². The zero-order valence-corrected chi connectivity index (χ0v) is 12.6. The lowest BCUT2D eigenvalue weighted by Crippen LogP contribution is -2.24. The van der Waals surface area contributed by atoms with Gasteiger partial charge in [0.25, 0.3) is 0 Å². The van der Waals surface area contributed by atoms with E-state index in [2.05, 4.69) is 5.32 Å². The minimum atomic E-state index is -3.41. The zero-order chi connectivity index (χ0) is 14.6. The second-order valence-corrected chi connectivity index (χ2v) is 7.00. The lowest BCUT2D eigenvalue weighted by Gasteiger charge is -2.10. The van der Waals surface area contributed by atoms with Gasteiger partial charge in [-0.25, -0.2) is 8.42 Å². The molecule has 0 saturated heterocycles. The van der Waals surface area contributed by atoms with E-state index in [1.54, 1.807) is 6.92 Å². The van der Waals surface area contributed by atoms with E-state index >= 15 is 0 Å². The molecule has 0 saturated carbocycles. The van der Waals surface area contributed by atoms with Gasteiger partial charge in [-0.2, -0.15) is 0 Å². The van der Waals surface area contributed by atoms with Gasteiger partial charge in [0.1, 0.15) is 5.75 Å². The Bertz CT molecular complexity index is 565. The van der Waals surface area contributed by atoms with E-state index in [1.807, 2.05) is 0 Å². The van der Waals surface area contributed by atoms with Gasteiger partial charge in [0.15, 0.2) is 9.84 Å². The first-order valence-electron chi connectivity index (χ1n) is 5.50. The van der Waals surface area contributed by atoms with E-state index in [0.717, 1.165) is 0 Å². The van der Waals surface area contributed by atoms with Crippen molar-refractivity contribution in [1.29, 1.82) is 0 Å². The van der Waals surface area contributed by atoms with Crippen LogP contribution in [0.15, 0.2) is 12.1 Å². The van der Waals surface area contributed by atoms with Gasteiger partial charge in [-0.1, -0.05) is 30.1 Å². The van der Waals surface area contributed by atoms with Crippen LogP contribution >= 0.6 is 23.2 Å². The molecule has 5 nitrogen and oxygen atoms in total. The number of halogens is 2. The molecule has 0 heterocycles. The zero-order valence-electron chi connectivity index (χ0n) is 10.2. The van der Waals surface area contributed by atoms with Gasteiger partial charge in [-0.3, -0.25) is 4.79 Å². The highest BCUT2D eigenvalue weighted by Gasteiger charge is 2.18. The SMILES string of the molecule is CCCS(=O)(=O)CC(=O)Nc1c(Cl)cc(N)cc1Cl. The first-order chi connectivity index (χ1) is 8.75. The van der Waals surface area contributed by atoms with Crippen molar-refractivity contribution in [3.8, 4) is 0 Å². The number of benzene rings is 1. The summed E-state index contributed by atoms with van der Waals surface area (Å²) in [6.45, 7) is 1.73. The Morgan fingerprint density at radius 3 is 2.32 bits per heavy atom. The van der Waals surface area contributed by atoms with E-state index < -0.39 is 21.5 Å². The number of carbonyl (C=O) groups is 1. The molecule has 1 aromatic rings. The van der Waals surface area contributed by atoms with Crippen LogP contribution < -0.4 is 11.1 Å². The third-order valence-electron chi connectivity index (χ3n) is 2.19. The molecule has 19 heavy (non-hydrogen) atoms. The fourth-order valence-corrected chi connectivity index (χ4v) is 3.31. The molecule has 0 bridgehead atoms. The smallest absolute Gasteiger partial charge is 0.239 e. The van der Waals surface area contributed by atoms with Gasteiger partial charge in [-0.15, -0.1) is 0 Å². The standard InChI is InChI=1S/C11H14Cl2N2O3S/c1-2-3-19(17,18)6-10(16)15-11-8(12)4-7(14)5-9(11)13/h4-5H,2-3,6,14H2,1H3,(H,15,16). The third kappa shape index (κ3) is 4.89. The Labute approximate surface area is 122 Å². The van der Waals surface area contributed by atoms with Crippen molar-refractivity contribution in [1.82, 2.24) is 0 Å². The molecular weight excluding hydrogens is 311 g/mol. The number of carbonyl (C=O) groups excluding carboxylic acids is 1. The summed E-state index contributed by atoms with van der Waals surface area (Å²) in [6.07, 6.45) is 0.457. The predicted octanol–water partition coefficient (Wildman–Crippen LogP) is 2.34. The minimum absolute atomic E-state index is 0.0381. The summed E-state index contributed by atoms with van der Waals surface area (Å²) < 4.78 is 23.0. The molecule has 0 aliphatic heterocycles. The van der Waals surface area contributed by atoms with Gasteiger partial charge in [-0.05, 0) is 18.6 Å². The average molecular weight is 325 g/mol. The highest BCUT2D eigenvalue weighted by Crippen LogP contribution is 2.32. The maximum Gasteiger partial charge on any atom is 0.239 e. The summed E-state index contributed by atoms with van der Waals surface area (Å²) in [6, 6.07) is 2.84. The molecule has 0 aliphatic carbocycles. The van der Waals surface area contributed by atoms with Crippen molar-refractivity contribution >= 4 is 50.3 Å². The molecule has 0 spiro atoms. The number of nitrogens with two attached hydrogens (primary N) is 1. The molecule has 0 fully saturated rings. The topological polar surface area (TPSA) is 89.3 Å². The Morgan fingerprint density at radius 2 is 1.84 bits per heavy atom. The number of nitrogens with one attached hydrogen (secondary N) is 1. The highest BCUT2D eigenvalue weighted by molar-refractivity contribution is 7.92. The molecular formula is C11H14Cl2N2O3S. The van der Waals surface area contributed by atoms with Gasteiger partial charge in [0, 0.05) is 5.69 Å². The van der Waals surface area contributed by atoms with Crippen LogP contribution in [-0.4, -0.2) is 25.8 Å². The van der Waals surface area contributed by atoms with Crippen molar-refractivity contribution in [3.63, 3.8) is 0 Å². The van der Waals surface area contributed by atoms with Crippen molar-refractivity contribution in [2.24, 2.45) is 0 Å². The monoisotopic (exact) mass is 324 g/mol. The maximum atomic E-state index is 11.7. The van der Waals surface area contributed by atoms with Crippen LogP contribution in [0.3, 0.4) is 0 Å². The second-order valence-electron chi connectivity index (χ2n) is 4.00. The lowest BCUT2D eigenvalue weighted by molar-refractivity contribution is -0.113. The number of amides is 1. The van der Waals surface area contributed by atoms with Crippen LogP contribution in [-0.2, 0) is 14.6 Å². The molecule has 1 aromatic carbocycles. The lowest BCUT2D eigenvalue weighted by atomic mass is 10.3. The summed E-state index contributed by atoms with van der Waals surface area (Å²) >= 11 is 11.8. The molecule has 106 valence electrons. The second kappa shape index (κ2) is 6.45. The minimum Gasteiger partial charge on any atom is -0.399 e. The molecule has 0 aliphatic rings. The van der Waals surface area contributed by atoms with Gasteiger partial charge in [0.2, 0.25) is 5.91 Å². The van der Waals surface area contributed by atoms with Gasteiger partial charge >= 0.3 is 0 Å². The number of rotatable bonds is 5. The van der Waals surface area contributed by atoms with E-state index in [1.165, 1.54) is 12.1 Å². The highest BCUT2D eigenvalue weighted by atomic mass is 35.5. The molecule has 1 amide bonds. The number of anilines is 2. The molecule has 0 radical (unpaired) electrons. The number of hydrogen-bond donors (Lipinski definition) is 2. The van der Waals surface area contributed by atoms with Crippen LogP contribution in [0.1, 0.15) is 13.3 Å². The molecule has 8 heteroatoms. The largest absolute Gasteiger partial charge is 0.399 e. The Balaban J connectivity index is 2.84. The summed E-state index contributed by atoms with van der Waals surface area (Å²) in [5, 5.41) is 2.70. The van der Waals surface area contributed by atoms with Crippen molar-refractivity contribution < 1.29 is 13.2 Å². The average Bonchev–Trinajstić information content (AvgIpc) is 2.22. The van der Waals surface area contributed by atoms with Crippen LogP contribution in [0, 0.1) is 0 Å². The normalized spacial score (nSPS) is 11.3. The first-order valence-corrected chi connectivity index (χ1v) is 8.07. The van der Waals surface area contributed by atoms with Crippen molar-refractivity contribution in [2.45, 2.75) is 13.3 Å². The van der Waals surface area contributed by atoms with E-state index in [-0.39, 0.29) is 21.5 Å².